The van der Waals surface area contributed by atoms with Gasteiger partial charge in [-0.15, -0.1) is 0 Å². The van der Waals surface area contributed by atoms with Gasteiger partial charge in [-0.1, -0.05) is 22.0 Å². The molecule has 2 rings (SSSR count). The van der Waals surface area contributed by atoms with Gasteiger partial charge in [-0.05, 0) is 24.3 Å². The smallest absolute Gasteiger partial charge is 0.240 e. The minimum absolute atomic E-state index is 0.176. The van der Waals surface area contributed by atoms with Crippen LogP contribution in [0.2, 0.25) is 0 Å². The quantitative estimate of drug-likeness (QED) is 0.927. The molecule has 0 atom stereocenters. The Morgan fingerprint density at radius 3 is 2.78 bits per heavy atom. The molecular formula is C11H12BrN3O2S. The van der Waals surface area contributed by atoms with Gasteiger partial charge in [0, 0.05) is 17.7 Å². The number of rotatable bonds is 4. The summed E-state index contributed by atoms with van der Waals surface area (Å²) in [5.74, 6) is 0. The summed E-state index contributed by atoms with van der Waals surface area (Å²) in [5.41, 5.74) is 0.677. The molecular weight excluding hydrogens is 318 g/mol. The van der Waals surface area contributed by atoms with Gasteiger partial charge < -0.3 is 0 Å². The summed E-state index contributed by atoms with van der Waals surface area (Å²) < 4.78 is 28.9. The number of aryl methyl sites for hydroxylation is 1. The van der Waals surface area contributed by atoms with E-state index in [1.54, 1.807) is 48.3 Å². The Kier molecular flexibility index (Phi) is 3.84. The van der Waals surface area contributed by atoms with Crippen LogP contribution in [0.4, 0.5) is 0 Å². The van der Waals surface area contributed by atoms with E-state index in [2.05, 4.69) is 25.8 Å². The Hall–Kier alpha value is -1.18. The molecule has 7 heteroatoms. The predicted molar refractivity (Wildman–Crippen MR) is 71.4 cm³/mol. The van der Waals surface area contributed by atoms with Crippen LogP contribution < -0.4 is 4.72 Å². The number of hydrogen-bond donors (Lipinski definition) is 1. The molecule has 0 spiro atoms. The minimum atomic E-state index is -3.50. The Morgan fingerprint density at radius 2 is 2.17 bits per heavy atom. The largest absolute Gasteiger partial charge is 0.276 e. The van der Waals surface area contributed by atoms with Crippen LogP contribution in [-0.2, 0) is 23.6 Å². The fourth-order valence-corrected chi connectivity index (χ4v) is 3.04. The first-order chi connectivity index (χ1) is 8.47. The van der Waals surface area contributed by atoms with E-state index in [0.29, 0.717) is 5.69 Å². The fraction of sp³-hybridized carbons (Fsp3) is 0.182. The third-order valence-corrected chi connectivity index (χ3v) is 4.21. The van der Waals surface area contributed by atoms with Crippen molar-refractivity contribution < 1.29 is 8.42 Å². The van der Waals surface area contributed by atoms with E-state index in [0.717, 1.165) is 4.47 Å². The maximum absolute atomic E-state index is 12.0. The third-order valence-electron chi connectivity index (χ3n) is 2.32. The highest BCUT2D eigenvalue weighted by Gasteiger charge is 2.14. The van der Waals surface area contributed by atoms with E-state index in [4.69, 9.17) is 0 Å². The number of nitrogens with zero attached hydrogens (tertiary/aromatic N) is 2. The topological polar surface area (TPSA) is 64.0 Å². The molecule has 0 aliphatic carbocycles. The molecule has 1 heterocycles. The second kappa shape index (κ2) is 5.21. The van der Waals surface area contributed by atoms with E-state index in [9.17, 15) is 8.42 Å². The van der Waals surface area contributed by atoms with E-state index in [-0.39, 0.29) is 11.4 Å². The Morgan fingerprint density at radius 1 is 1.39 bits per heavy atom. The highest BCUT2D eigenvalue weighted by Crippen LogP contribution is 2.16. The van der Waals surface area contributed by atoms with Crippen molar-refractivity contribution in [3.8, 4) is 0 Å². The van der Waals surface area contributed by atoms with Crippen LogP contribution in [-0.4, -0.2) is 18.2 Å². The molecule has 1 aromatic carbocycles. The van der Waals surface area contributed by atoms with Gasteiger partial charge in [-0.3, -0.25) is 4.68 Å². The molecule has 0 saturated carbocycles. The van der Waals surface area contributed by atoms with Crippen molar-refractivity contribution in [2.75, 3.05) is 0 Å². The number of sulfonamides is 1. The molecule has 2 aromatic rings. The average molecular weight is 330 g/mol. The number of hydrogen-bond acceptors (Lipinski definition) is 3. The van der Waals surface area contributed by atoms with E-state index >= 15 is 0 Å². The number of halogens is 1. The van der Waals surface area contributed by atoms with Gasteiger partial charge in [-0.25, -0.2) is 13.1 Å². The van der Waals surface area contributed by atoms with Crippen molar-refractivity contribution in [2.24, 2.45) is 7.05 Å². The van der Waals surface area contributed by atoms with Gasteiger partial charge >= 0.3 is 0 Å². The van der Waals surface area contributed by atoms with Crippen LogP contribution in [0.3, 0.4) is 0 Å². The van der Waals surface area contributed by atoms with Crippen molar-refractivity contribution in [1.29, 1.82) is 0 Å². The number of nitrogens with one attached hydrogen (secondary N) is 1. The molecule has 96 valence electrons. The molecule has 0 unspecified atom stereocenters. The second-order valence-corrected chi connectivity index (χ2v) is 6.45. The molecule has 0 radical (unpaired) electrons. The summed E-state index contributed by atoms with van der Waals surface area (Å²) in [5, 5.41) is 4.11. The van der Waals surface area contributed by atoms with Crippen molar-refractivity contribution >= 4 is 26.0 Å². The lowest BCUT2D eigenvalue weighted by Gasteiger charge is -2.05. The van der Waals surface area contributed by atoms with Crippen molar-refractivity contribution in [2.45, 2.75) is 11.4 Å². The number of aromatic nitrogens is 2. The zero-order valence-electron chi connectivity index (χ0n) is 9.67. The lowest BCUT2D eigenvalue weighted by molar-refractivity contribution is 0.579. The normalized spacial score (nSPS) is 11.7. The first-order valence-corrected chi connectivity index (χ1v) is 7.49. The molecule has 0 aliphatic heterocycles. The lowest BCUT2D eigenvalue weighted by atomic mass is 10.4. The van der Waals surface area contributed by atoms with E-state index in [1.807, 2.05) is 0 Å². The molecule has 0 fully saturated rings. The fourth-order valence-electron chi connectivity index (χ4n) is 1.44. The first kappa shape index (κ1) is 13.3. The predicted octanol–water partition coefficient (Wildman–Crippen LogP) is 1.66. The van der Waals surface area contributed by atoms with Crippen molar-refractivity contribution in [3.63, 3.8) is 0 Å². The standard InChI is InChI=1S/C11H12BrN3O2S/c1-15-6-5-10(14-15)8-13-18(16,17)11-4-2-3-9(12)7-11/h2-7,13H,8H2,1H3. The third kappa shape index (κ3) is 3.18. The molecule has 0 amide bonds. The van der Waals surface area contributed by atoms with Crippen LogP contribution in [0.1, 0.15) is 5.69 Å². The molecule has 0 aliphatic rings. The highest BCUT2D eigenvalue weighted by atomic mass is 79.9. The lowest BCUT2D eigenvalue weighted by Crippen LogP contribution is -2.23. The summed E-state index contributed by atoms with van der Waals surface area (Å²) in [6.07, 6.45) is 1.77. The van der Waals surface area contributed by atoms with Crippen LogP contribution in [0, 0.1) is 0 Å². The van der Waals surface area contributed by atoms with Gasteiger partial charge in [0.1, 0.15) is 0 Å². The number of benzene rings is 1. The van der Waals surface area contributed by atoms with Gasteiger partial charge in [-0.2, -0.15) is 5.10 Å². The second-order valence-electron chi connectivity index (χ2n) is 3.76. The summed E-state index contributed by atoms with van der Waals surface area (Å²) in [4.78, 5) is 0.229. The SMILES string of the molecule is Cn1ccc(CNS(=O)(=O)c2cccc(Br)c2)n1. The highest BCUT2D eigenvalue weighted by molar-refractivity contribution is 9.10. The Balaban J connectivity index is 2.13. The summed E-state index contributed by atoms with van der Waals surface area (Å²) in [6.45, 7) is 0.176. The van der Waals surface area contributed by atoms with Crippen LogP contribution in [0.5, 0.6) is 0 Å². The Bertz CT molecular complexity index is 652. The van der Waals surface area contributed by atoms with Gasteiger partial charge in [0.25, 0.3) is 0 Å². The van der Waals surface area contributed by atoms with Crippen molar-refractivity contribution in [1.82, 2.24) is 14.5 Å². The molecule has 5 nitrogen and oxygen atoms in total. The van der Waals surface area contributed by atoms with Gasteiger partial charge in [0.05, 0.1) is 17.1 Å². The zero-order chi connectivity index (χ0) is 13.2. The maximum Gasteiger partial charge on any atom is 0.240 e. The van der Waals surface area contributed by atoms with Crippen LogP contribution >= 0.6 is 15.9 Å². The summed E-state index contributed by atoms with van der Waals surface area (Å²) in [7, 11) is -1.72. The molecule has 1 N–H and O–H groups in total. The molecule has 0 saturated heterocycles. The van der Waals surface area contributed by atoms with E-state index < -0.39 is 10.0 Å². The molecule has 1 aromatic heterocycles. The van der Waals surface area contributed by atoms with Gasteiger partial charge in [0.15, 0.2) is 0 Å². The van der Waals surface area contributed by atoms with Gasteiger partial charge in [0.2, 0.25) is 10.0 Å². The average Bonchev–Trinajstić information content (AvgIpc) is 2.73. The summed E-state index contributed by atoms with van der Waals surface area (Å²) >= 11 is 3.25. The van der Waals surface area contributed by atoms with E-state index in [1.165, 1.54) is 0 Å². The van der Waals surface area contributed by atoms with Crippen LogP contribution in [0.25, 0.3) is 0 Å². The maximum atomic E-state index is 12.0. The summed E-state index contributed by atoms with van der Waals surface area (Å²) in [6, 6.07) is 8.33. The monoisotopic (exact) mass is 329 g/mol. The van der Waals surface area contributed by atoms with Crippen LogP contribution in [0.15, 0.2) is 45.9 Å². The zero-order valence-corrected chi connectivity index (χ0v) is 12.1. The van der Waals surface area contributed by atoms with Crippen molar-refractivity contribution in [3.05, 3.63) is 46.7 Å². The first-order valence-electron chi connectivity index (χ1n) is 5.21. The minimum Gasteiger partial charge on any atom is -0.276 e. The molecule has 0 bridgehead atoms. The molecule has 18 heavy (non-hydrogen) atoms. The Labute approximate surface area is 114 Å².